The van der Waals surface area contributed by atoms with E-state index in [4.69, 9.17) is 9.47 Å². The van der Waals surface area contributed by atoms with Crippen LogP contribution in [0.15, 0.2) is 16.8 Å². The maximum Gasteiger partial charge on any atom is 0.162 e. The van der Waals surface area contributed by atoms with Crippen molar-refractivity contribution in [2.24, 2.45) is 0 Å². The molecule has 0 atom stereocenters. The van der Waals surface area contributed by atoms with E-state index in [2.05, 4.69) is 22.1 Å². The number of thiophene rings is 1. The second-order valence-corrected chi connectivity index (χ2v) is 4.66. The summed E-state index contributed by atoms with van der Waals surface area (Å²) >= 11 is 1.68. The summed E-state index contributed by atoms with van der Waals surface area (Å²) in [6, 6.07) is 2.32. The number of ether oxygens (including phenoxy) is 2. The van der Waals surface area contributed by atoms with E-state index >= 15 is 0 Å². The molecular weight excluding hydrogens is 198 g/mol. The van der Waals surface area contributed by atoms with Crippen LogP contribution in [0.25, 0.3) is 0 Å². The van der Waals surface area contributed by atoms with Gasteiger partial charge in [-0.1, -0.05) is 0 Å². The van der Waals surface area contributed by atoms with Crippen LogP contribution in [0.2, 0.25) is 0 Å². The third kappa shape index (κ3) is 2.47. The molecular formula is C10H15NO2S. The van der Waals surface area contributed by atoms with E-state index in [9.17, 15) is 0 Å². The lowest BCUT2D eigenvalue weighted by molar-refractivity contribution is -0.247. The zero-order valence-corrected chi connectivity index (χ0v) is 9.26. The summed E-state index contributed by atoms with van der Waals surface area (Å²) in [5.41, 5.74) is 1.15. The second-order valence-electron chi connectivity index (χ2n) is 3.88. The highest BCUT2D eigenvalue weighted by molar-refractivity contribution is 7.08. The Bertz CT molecular complexity index is 274. The predicted octanol–water partition coefficient (Wildman–Crippen LogP) is 2.31. The van der Waals surface area contributed by atoms with E-state index in [-0.39, 0.29) is 6.04 Å². The molecule has 1 aliphatic heterocycles. The van der Waals surface area contributed by atoms with Crippen LogP contribution in [0.4, 0.5) is 5.69 Å². The number of hydrogen-bond donors (Lipinski definition) is 1. The highest BCUT2D eigenvalue weighted by Gasteiger charge is 2.27. The van der Waals surface area contributed by atoms with Gasteiger partial charge in [-0.2, -0.15) is 11.3 Å². The van der Waals surface area contributed by atoms with Gasteiger partial charge in [0.05, 0.1) is 19.3 Å². The lowest BCUT2D eigenvalue weighted by Crippen LogP contribution is -2.45. The van der Waals surface area contributed by atoms with E-state index in [1.165, 1.54) is 0 Å². The van der Waals surface area contributed by atoms with Crippen LogP contribution in [0, 0.1) is 0 Å². The van der Waals surface area contributed by atoms with E-state index in [1.54, 1.807) is 11.3 Å². The molecule has 1 fully saturated rings. The molecule has 0 saturated carbocycles. The molecule has 0 aliphatic carbocycles. The van der Waals surface area contributed by atoms with Crippen molar-refractivity contribution in [3.8, 4) is 0 Å². The largest absolute Gasteiger partial charge is 0.377 e. The molecule has 3 nitrogen and oxygen atoms in total. The Morgan fingerprint density at radius 3 is 2.71 bits per heavy atom. The van der Waals surface area contributed by atoms with Gasteiger partial charge in [0.25, 0.3) is 0 Å². The minimum absolute atomic E-state index is 0.262. The number of rotatable bonds is 2. The van der Waals surface area contributed by atoms with Crippen LogP contribution in [0.5, 0.6) is 0 Å². The molecule has 1 aliphatic rings. The first-order valence-corrected chi connectivity index (χ1v) is 5.67. The fourth-order valence-corrected chi connectivity index (χ4v) is 1.95. The highest BCUT2D eigenvalue weighted by Crippen LogP contribution is 2.20. The number of hydrogen-bond acceptors (Lipinski definition) is 4. The molecule has 0 radical (unpaired) electrons. The van der Waals surface area contributed by atoms with Crippen molar-refractivity contribution in [1.29, 1.82) is 0 Å². The normalized spacial score (nSPS) is 22.1. The summed E-state index contributed by atoms with van der Waals surface area (Å²) in [5, 5.41) is 7.49. The van der Waals surface area contributed by atoms with Gasteiger partial charge in [-0.25, -0.2) is 0 Å². The molecule has 2 heterocycles. The van der Waals surface area contributed by atoms with Gasteiger partial charge in [-0.05, 0) is 25.3 Å². The first kappa shape index (κ1) is 9.96. The summed E-state index contributed by atoms with van der Waals surface area (Å²) in [4.78, 5) is 0. The minimum Gasteiger partial charge on any atom is -0.377 e. The van der Waals surface area contributed by atoms with Crippen molar-refractivity contribution < 1.29 is 9.47 Å². The topological polar surface area (TPSA) is 30.5 Å². The van der Waals surface area contributed by atoms with Crippen molar-refractivity contribution in [2.45, 2.75) is 25.7 Å². The fourth-order valence-electron chi connectivity index (χ4n) is 1.36. The summed E-state index contributed by atoms with van der Waals surface area (Å²) in [6.45, 7) is 5.27. The Morgan fingerprint density at radius 2 is 2.14 bits per heavy atom. The smallest absolute Gasteiger partial charge is 0.162 e. The monoisotopic (exact) mass is 213 g/mol. The lowest BCUT2D eigenvalue weighted by atomic mass is 10.2. The molecule has 78 valence electrons. The molecule has 4 heteroatoms. The molecule has 1 aromatic heterocycles. The molecule has 0 aromatic carbocycles. The summed E-state index contributed by atoms with van der Waals surface area (Å²) < 4.78 is 11.1. The molecule has 1 saturated heterocycles. The third-order valence-electron chi connectivity index (χ3n) is 2.16. The zero-order chi connectivity index (χ0) is 10.0. The van der Waals surface area contributed by atoms with Crippen LogP contribution >= 0.6 is 11.3 Å². The average molecular weight is 213 g/mol. The van der Waals surface area contributed by atoms with E-state index in [1.807, 2.05) is 13.8 Å². The van der Waals surface area contributed by atoms with E-state index in [0.29, 0.717) is 13.2 Å². The summed E-state index contributed by atoms with van der Waals surface area (Å²) in [5.74, 6) is -0.424. The maximum absolute atomic E-state index is 5.55. The molecule has 14 heavy (non-hydrogen) atoms. The summed E-state index contributed by atoms with van der Waals surface area (Å²) in [6.07, 6.45) is 0. The van der Waals surface area contributed by atoms with Crippen molar-refractivity contribution in [2.75, 3.05) is 18.5 Å². The number of anilines is 1. The zero-order valence-electron chi connectivity index (χ0n) is 8.45. The van der Waals surface area contributed by atoms with Crippen LogP contribution in [-0.4, -0.2) is 25.0 Å². The van der Waals surface area contributed by atoms with Gasteiger partial charge in [0.2, 0.25) is 0 Å². The fraction of sp³-hybridized carbons (Fsp3) is 0.600. The third-order valence-corrected chi connectivity index (χ3v) is 2.84. The van der Waals surface area contributed by atoms with Gasteiger partial charge in [0.15, 0.2) is 5.79 Å². The Labute approximate surface area is 88.0 Å². The van der Waals surface area contributed by atoms with Crippen LogP contribution < -0.4 is 5.32 Å². The Morgan fingerprint density at radius 1 is 1.43 bits per heavy atom. The molecule has 0 unspecified atom stereocenters. The SMILES string of the molecule is CC1(C)OCC(Nc2ccsc2)CO1. The average Bonchev–Trinajstić information content (AvgIpc) is 2.61. The molecule has 1 aromatic rings. The molecule has 0 spiro atoms. The maximum atomic E-state index is 5.55. The van der Waals surface area contributed by atoms with Gasteiger partial charge in [-0.3, -0.25) is 0 Å². The lowest BCUT2D eigenvalue weighted by Gasteiger charge is -2.35. The van der Waals surface area contributed by atoms with Crippen LogP contribution in [0.3, 0.4) is 0 Å². The number of nitrogens with one attached hydrogen (secondary N) is 1. The first-order valence-electron chi connectivity index (χ1n) is 4.72. The predicted molar refractivity (Wildman–Crippen MR) is 57.7 cm³/mol. The molecule has 0 amide bonds. The highest BCUT2D eigenvalue weighted by atomic mass is 32.1. The minimum atomic E-state index is -0.424. The van der Waals surface area contributed by atoms with Crippen molar-refractivity contribution >= 4 is 17.0 Å². The molecule has 1 N–H and O–H groups in total. The van der Waals surface area contributed by atoms with E-state index in [0.717, 1.165) is 5.69 Å². The van der Waals surface area contributed by atoms with Crippen LogP contribution in [-0.2, 0) is 9.47 Å². The Hall–Kier alpha value is -0.580. The summed E-state index contributed by atoms with van der Waals surface area (Å²) in [7, 11) is 0. The van der Waals surface area contributed by atoms with Crippen LogP contribution in [0.1, 0.15) is 13.8 Å². The van der Waals surface area contributed by atoms with Crippen molar-refractivity contribution in [1.82, 2.24) is 0 Å². The first-order chi connectivity index (χ1) is 6.66. The standard InChI is InChI=1S/C10H15NO2S/c1-10(2)12-5-9(6-13-10)11-8-3-4-14-7-8/h3-4,7,9,11H,5-6H2,1-2H3. The van der Waals surface area contributed by atoms with Gasteiger partial charge in [0.1, 0.15) is 0 Å². The van der Waals surface area contributed by atoms with E-state index < -0.39 is 5.79 Å². The van der Waals surface area contributed by atoms with Gasteiger partial charge >= 0.3 is 0 Å². The molecule has 0 bridgehead atoms. The quantitative estimate of drug-likeness (QED) is 0.817. The van der Waals surface area contributed by atoms with Gasteiger partial charge < -0.3 is 14.8 Å². The molecule has 2 rings (SSSR count). The Kier molecular flexibility index (Phi) is 2.76. The van der Waals surface area contributed by atoms with Gasteiger partial charge in [-0.15, -0.1) is 0 Å². The van der Waals surface area contributed by atoms with Gasteiger partial charge in [0, 0.05) is 11.1 Å². The van der Waals surface area contributed by atoms with Crippen molar-refractivity contribution in [3.05, 3.63) is 16.8 Å². The Balaban J connectivity index is 1.85. The van der Waals surface area contributed by atoms with Crippen molar-refractivity contribution in [3.63, 3.8) is 0 Å². The second kappa shape index (κ2) is 3.88.